The Kier molecular flexibility index (Phi) is 6.76. The van der Waals surface area contributed by atoms with Crippen molar-refractivity contribution in [3.63, 3.8) is 0 Å². The minimum atomic E-state index is -0.0577. The fourth-order valence-electron chi connectivity index (χ4n) is 1.79. The van der Waals surface area contributed by atoms with E-state index in [-0.39, 0.29) is 5.91 Å². The van der Waals surface area contributed by atoms with Gasteiger partial charge in [0.25, 0.3) is 0 Å². The van der Waals surface area contributed by atoms with Crippen LogP contribution < -0.4 is 10.6 Å². The number of halogens is 1. The van der Waals surface area contributed by atoms with Gasteiger partial charge in [-0.15, -0.1) is 0 Å². The first kappa shape index (κ1) is 15.0. The maximum Gasteiger partial charge on any atom is 0.238 e. The van der Waals surface area contributed by atoms with Crippen LogP contribution in [0.25, 0.3) is 0 Å². The second-order valence-corrected chi connectivity index (χ2v) is 4.71. The quantitative estimate of drug-likeness (QED) is 0.795. The highest BCUT2D eigenvalue weighted by atomic mass is 35.5. The molecule has 18 heavy (non-hydrogen) atoms. The third-order valence-corrected chi connectivity index (χ3v) is 3.16. The van der Waals surface area contributed by atoms with Gasteiger partial charge in [0.15, 0.2) is 0 Å². The Labute approximate surface area is 114 Å². The SMILES string of the molecule is CCCC(CC)NCC(=O)Nc1ccccc1Cl. The molecule has 1 aromatic rings. The van der Waals surface area contributed by atoms with Crippen molar-refractivity contribution in [3.8, 4) is 0 Å². The molecule has 0 heterocycles. The van der Waals surface area contributed by atoms with E-state index in [0.29, 0.717) is 23.3 Å². The van der Waals surface area contributed by atoms with Gasteiger partial charge in [-0.1, -0.05) is 44.0 Å². The molecular formula is C14H21ClN2O. The zero-order valence-electron chi connectivity index (χ0n) is 11.0. The largest absolute Gasteiger partial charge is 0.324 e. The van der Waals surface area contributed by atoms with Crippen molar-refractivity contribution in [2.24, 2.45) is 0 Å². The van der Waals surface area contributed by atoms with Crippen molar-refractivity contribution in [1.82, 2.24) is 5.32 Å². The lowest BCUT2D eigenvalue weighted by Gasteiger charge is -2.15. The van der Waals surface area contributed by atoms with Crippen LogP contribution in [0.1, 0.15) is 33.1 Å². The number of carbonyl (C=O) groups is 1. The Bertz CT molecular complexity index is 382. The zero-order chi connectivity index (χ0) is 13.4. The molecule has 0 bridgehead atoms. The van der Waals surface area contributed by atoms with Crippen LogP contribution >= 0.6 is 11.6 Å². The van der Waals surface area contributed by atoms with Crippen LogP contribution in [0, 0.1) is 0 Å². The molecule has 1 amide bonds. The van der Waals surface area contributed by atoms with E-state index in [9.17, 15) is 4.79 Å². The smallest absolute Gasteiger partial charge is 0.238 e. The monoisotopic (exact) mass is 268 g/mol. The average Bonchev–Trinajstić information content (AvgIpc) is 2.37. The van der Waals surface area contributed by atoms with Gasteiger partial charge in [-0.25, -0.2) is 0 Å². The van der Waals surface area contributed by atoms with Crippen molar-refractivity contribution in [2.75, 3.05) is 11.9 Å². The summed E-state index contributed by atoms with van der Waals surface area (Å²) in [6, 6.07) is 7.65. The molecular weight excluding hydrogens is 248 g/mol. The molecule has 4 heteroatoms. The van der Waals surface area contributed by atoms with E-state index in [1.54, 1.807) is 12.1 Å². The van der Waals surface area contributed by atoms with Gasteiger partial charge in [0.05, 0.1) is 17.3 Å². The van der Waals surface area contributed by atoms with Gasteiger partial charge >= 0.3 is 0 Å². The standard InChI is InChI=1S/C14H21ClN2O/c1-3-7-11(4-2)16-10-14(18)17-13-9-6-5-8-12(13)15/h5-6,8-9,11,16H,3-4,7,10H2,1-2H3,(H,17,18). The van der Waals surface area contributed by atoms with Gasteiger partial charge < -0.3 is 10.6 Å². The molecule has 0 aliphatic rings. The normalized spacial score (nSPS) is 12.2. The van der Waals surface area contributed by atoms with Crippen LogP contribution in [0.5, 0.6) is 0 Å². The van der Waals surface area contributed by atoms with Gasteiger partial charge in [-0.2, -0.15) is 0 Å². The minimum absolute atomic E-state index is 0.0577. The first-order chi connectivity index (χ1) is 8.67. The molecule has 0 aliphatic carbocycles. The molecule has 2 N–H and O–H groups in total. The van der Waals surface area contributed by atoms with Crippen molar-refractivity contribution in [3.05, 3.63) is 29.3 Å². The number of amides is 1. The molecule has 1 atom stereocenters. The molecule has 0 aliphatic heterocycles. The highest BCUT2D eigenvalue weighted by molar-refractivity contribution is 6.33. The summed E-state index contributed by atoms with van der Waals surface area (Å²) in [4.78, 5) is 11.8. The van der Waals surface area contributed by atoms with Crippen LogP contribution in [0.15, 0.2) is 24.3 Å². The number of benzene rings is 1. The molecule has 0 aromatic heterocycles. The molecule has 0 radical (unpaired) electrons. The predicted molar refractivity (Wildman–Crippen MR) is 77.1 cm³/mol. The minimum Gasteiger partial charge on any atom is -0.324 e. The lowest BCUT2D eigenvalue weighted by atomic mass is 10.1. The molecule has 0 saturated carbocycles. The third kappa shape index (κ3) is 5.07. The number of hydrogen-bond donors (Lipinski definition) is 2. The summed E-state index contributed by atoms with van der Waals surface area (Å²) in [5.41, 5.74) is 0.662. The van der Waals surface area contributed by atoms with Gasteiger partial charge in [-0.3, -0.25) is 4.79 Å². The lowest BCUT2D eigenvalue weighted by Crippen LogP contribution is -2.35. The summed E-state index contributed by atoms with van der Waals surface area (Å²) in [5, 5.41) is 6.61. The molecule has 0 spiro atoms. The van der Waals surface area contributed by atoms with E-state index < -0.39 is 0 Å². The highest BCUT2D eigenvalue weighted by Crippen LogP contribution is 2.19. The van der Waals surface area contributed by atoms with Crippen LogP contribution in [-0.2, 0) is 4.79 Å². The summed E-state index contributed by atoms with van der Waals surface area (Å²) >= 11 is 5.97. The van der Waals surface area contributed by atoms with Gasteiger partial charge in [0.1, 0.15) is 0 Å². The molecule has 3 nitrogen and oxygen atoms in total. The predicted octanol–water partition coefficient (Wildman–Crippen LogP) is 3.45. The molecule has 1 unspecified atom stereocenters. The molecule has 0 fully saturated rings. The van der Waals surface area contributed by atoms with E-state index >= 15 is 0 Å². The molecule has 1 aromatic carbocycles. The first-order valence-corrected chi connectivity index (χ1v) is 6.82. The summed E-state index contributed by atoms with van der Waals surface area (Å²) in [6.07, 6.45) is 3.25. The average molecular weight is 269 g/mol. The topological polar surface area (TPSA) is 41.1 Å². The number of rotatable bonds is 7. The van der Waals surface area contributed by atoms with Crippen molar-refractivity contribution >= 4 is 23.2 Å². The van der Waals surface area contributed by atoms with Gasteiger partial charge in [0, 0.05) is 6.04 Å². The lowest BCUT2D eigenvalue weighted by molar-refractivity contribution is -0.115. The number of carbonyl (C=O) groups excluding carboxylic acids is 1. The second-order valence-electron chi connectivity index (χ2n) is 4.30. The van der Waals surface area contributed by atoms with E-state index in [4.69, 9.17) is 11.6 Å². The molecule has 100 valence electrons. The number of para-hydroxylation sites is 1. The van der Waals surface area contributed by atoms with Crippen molar-refractivity contribution in [1.29, 1.82) is 0 Å². The summed E-state index contributed by atoms with van der Waals surface area (Å²) < 4.78 is 0. The number of hydrogen-bond acceptors (Lipinski definition) is 2. The van der Waals surface area contributed by atoms with E-state index in [2.05, 4.69) is 24.5 Å². The zero-order valence-corrected chi connectivity index (χ0v) is 11.8. The maximum absolute atomic E-state index is 11.8. The Morgan fingerprint density at radius 2 is 2.06 bits per heavy atom. The van der Waals surface area contributed by atoms with Crippen molar-refractivity contribution < 1.29 is 4.79 Å². The highest BCUT2D eigenvalue weighted by Gasteiger charge is 2.08. The van der Waals surface area contributed by atoms with Crippen LogP contribution in [0.3, 0.4) is 0 Å². The number of anilines is 1. The molecule has 1 rings (SSSR count). The fourth-order valence-corrected chi connectivity index (χ4v) is 1.98. The number of nitrogens with one attached hydrogen (secondary N) is 2. The fraction of sp³-hybridized carbons (Fsp3) is 0.500. The Morgan fingerprint density at radius 1 is 1.33 bits per heavy atom. The van der Waals surface area contributed by atoms with E-state index in [0.717, 1.165) is 19.3 Å². The summed E-state index contributed by atoms with van der Waals surface area (Å²) in [7, 11) is 0. The van der Waals surface area contributed by atoms with Crippen LogP contribution in [-0.4, -0.2) is 18.5 Å². The Hall–Kier alpha value is -1.06. The van der Waals surface area contributed by atoms with E-state index in [1.165, 1.54) is 0 Å². The van der Waals surface area contributed by atoms with Crippen molar-refractivity contribution in [2.45, 2.75) is 39.2 Å². The van der Waals surface area contributed by atoms with Gasteiger partial charge in [0.2, 0.25) is 5.91 Å². The Morgan fingerprint density at radius 3 is 2.67 bits per heavy atom. The van der Waals surface area contributed by atoms with Gasteiger partial charge in [-0.05, 0) is 25.0 Å². The third-order valence-electron chi connectivity index (χ3n) is 2.83. The van der Waals surface area contributed by atoms with Crippen LogP contribution in [0.2, 0.25) is 5.02 Å². The summed E-state index contributed by atoms with van der Waals surface area (Å²) in [6.45, 7) is 4.59. The molecule has 0 saturated heterocycles. The van der Waals surface area contributed by atoms with E-state index in [1.807, 2.05) is 12.1 Å². The Balaban J connectivity index is 2.40. The summed E-state index contributed by atoms with van der Waals surface area (Å²) in [5.74, 6) is -0.0577. The first-order valence-electron chi connectivity index (χ1n) is 6.45. The maximum atomic E-state index is 11.8. The second kappa shape index (κ2) is 8.11. The van der Waals surface area contributed by atoms with Crippen LogP contribution in [0.4, 0.5) is 5.69 Å².